The number of hydrogen-bond acceptors (Lipinski definition) is 1. The maximum atomic E-state index is 7.10. The van der Waals surface area contributed by atoms with Crippen molar-refractivity contribution >= 4 is 44.6 Å². The molecule has 0 heterocycles. The Bertz CT molecular complexity index is 1250. The third-order valence-corrected chi connectivity index (χ3v) is 8.26. The predicted octanol–water partition coefficient (Wildman–Crippen LogP) is 11.6. The highest BCUT2D eigenvalue weighted by Gasteiger charge is 2.20. The minimum Gasteiger partial charge on any atom is -0.309 e. The van der Waals surface area contributed by atoms with Crippen LogP contribution in [0.4, 0.5) is 17.1 Å². The van der Waals surface area contributed by atoms with Crippen LogP contribution in [0.1, 0.15) is 76.0 Å². The average molecular weight is 561 g/mol. The molecule has 0 spiro atoms. The summed E-state index contributed by atoms with van der Waals surface area (Å²) in [7, 11) is 0. The molecule has 36 heavy (non-hydrogen) atoms. The number of rotatable bonds is 7. The quantitative estimate of drug-likeness (QED) is 0.217. The first kappa shape index (κ1) is 26.5. The Morgan fingerprint density at radius 1 is 0.556 bits per heavy atom. The van der Waals surface area contributed by atoms with E-state index in [1.807, 2.05) is 0 Å². The zero-order chi connectivity index (χ0) is 26.0. The molecular weight excluding hydrogens is 526 g/mol. The molecule has 3 heteroatoms. The molecule has 4 aromatic carbocycles. The Hall–Kier alpha value is -2.55. The van der Waals surface area contributed by atoms with E-state index < -0.39 is 0 Å². The van der Waals surface area contributed by atoms with Crippen LogP contribution in [-0.2, 0) is 0 Å². The Morgan fingerprint density at radius 3 is 1.33 bits per heavy atom. The summed E-state index contributed by atoms with van der Waals surface area (Å²) in [5, 5.41) is 0.696. The molecule has 0 unspecified atom stereocenters. The summed E-state index contributed by atoms with van der Waals surface area (Å²) in [4.78, 5) is 2.24. The van der Waals surface area contributed by atoms with Crippen molar-refractivity contribution < 1.29 is 0 Å². The van der Waals surface area contributed by atoms with Gasteiger partial charge in [0.2, 0.25) is 0 Å². The molecule has 4 rings (SSSR count). The fourth-order valence-corrected chi connectivity index (χ4v) is 5.24. The second-order valence-corrected chi connectivity index (χ2v) is 11.5. The van der Waals surface area contributed by atoms with E-state index in [0.29, 0.717) is 22.8 Å². The molecule has 0 bridgehead atoms. The third kappa shape index (κ3) is 5.56. The summed E-state index contributed by atoms with van der Waals surface area (Å²) in [6.07, 6.45) is 0. The van der Waals surface area contributed by atoms with Gasteiger partial charge in [0, 0.05) is 15.8 Å². The van der Waals surface area contributed by atoms with Gasteiger partial charge in [0.15, 0.2) is 0 Å². The number of benzene rings is 4. The number of nitrogens with zero attached hydrogens (tertiary/aromatic N) is 1. The lowest BCUT2D eigenvalue weighted by atomic mass is 9.98. The number of hydrogen-bond donors (Lipinski definition) is 0. The summed E-state index contributed by atoms with van der Waals surface area (Å²) >= 11 is 10.9. The van der Waals surface area contributed by atoms with E-state index in [4.69, 9.17) is 11.6 Å². The monoisotopic (exact) mass is 559 g/mol. The van der Waals surface area contributed by atoms with E-state index in [0.717, 1.165) is 32.7 Å². The lowest BCUT2D eigenvalue weighted by molar-refractivity contribution is 0.866. The molecule has 0 aromatic heterocycles. The van der Waals surface area contributed by atoms with Gasteiger partial charge in [-0.15, -0.1) is 0 Å². The summed E-state index contributed by atoms with van der Waals surface area (Å²) in [6.45, 7) is 13.3. The van der Waals surface area contributed by atoms with Crippen LogP contribution in [0.5, 0.6) is 0 Å². The molecule has 186 valence electrons. The van der Waals surface area contributed by atoms with Gasteiger partial charge < -0.3 is 4.90 Å². The first-order valence-electron chi connectivity index (χ1n) is 12.8. The fourth-order valence-electron chi connectivity index (χ4n) is 4.43. The van der Waals surface area contributed by atoms with Crippen LogP contribution in [0.25, 0.3) is 11.1 Å². The maximum absolute atomic E-state index is 7.10. The minimum atomic E-state index is 0.483. The van der Waals surface area contributed by atoms with Gasteiger partial charge in [-0.3, -0.25) is 0 Å². The lowest BCUT2D eigenvalue weighted by Gasteiger charge is -2.28. The second kappa shape index (κ2) is 11.2. The Labute approximate surface area is 230 Å². The van der Waals surface area contributed by atoms with Gasteiger partial charge in [-0.1, -0.05) is 108 Å². The van der Waals surface area contributed by atoms with Crippen LogP contribution in [0.2, 0.25) is 5.02 Å². The summed E-state index contributed by atoms with van der Waals surface area (Å²) in [5.41, 5.74) is 9.32. The third-order valence-electron chi connectivity index (χ3n) is 6.83. The van der Waals surface area contributed by atoms with E-state index in [9.17, 15) is 0 Å². The molecule has 4 aromatic rings. The zero-order valence-electron chi connectivity index (χ0n) is 22.0. The van der Waals surface area contributed by atoms with Gasteiger partial charge in [-0.2, -0.15) is 0 Å². The van der Waals surface area contributed by atoms with Crippen LogP contribution in [0.15, 0.2) is 89.4 Å². The van der Waals surface area contributed by atoms with E-state index >= 15 is 0 Å². The normalized spacial score (nSPS) is 11.5. The van der Waals surface area contributed by atoms with E-state index in [1.54, 1.807) is 0 Å². The zero-order valence-corrected chi connectivity index (χ0v) is 24.4. The molecule has 0 fully saturated rings. The van der Waals surface area contributed by atoms with Gasteiger partial charge in [0.05, 0.1) is 10.7 Å². The molecule has 0 atom stereocenters. The van der Waals surface area contributed by atoms with Crippen molar-refractivity contribution in [1.29, 1.82) is 0 Å². The fraction of sp³-hybridized carbons (Fsp3) is 0.273. The predicted molar refractivity (Wildman–Crippen MR) is 162 cm³/mol. The molecule has 1 nitrogen and oxygen atoms in total. The first-order valence-corrected chi connectivity index (χ1v) is 13.9. The largest absolute Gasteiger partial charge is 0.309 e. The van der Waals surface area contributed by atoms with Crippen molar-refractivity contribution in [3.63, 3.8) is 0 Å². The highest BCUT2D eigenvalue weighted by molar-refractivity contribution is 9.10. The van der Waals surface area contributed by atoms with Gasteiger partial charge >= 0.3 is 0 Å². The first-order chi connectivity index (χ1) is 17.2. The molecule has 0 aliphatic carbocycles. The van der Waals surface area contributed by atoms with Gasteiger partial charge in [-0.05, 0) is 91.8 Å². The molecular formula is C33H35BrClN. The Kier molecular flexibility index (Phi) is 8.27. The molecule has 0 N–H and O–H groups in total. The van der Waals surface area contributed by atoms with Gasteiger partial charge in [0.1, 0.15) is 0 Å². The molecule has 0 aliphatic rings. The van der Waals surface area contributed by atoms with Crippen LogP contribution in [-0.4, -0.2) is 0 Å². The summed E-state index contributed by atoms with van der Waals surface area (Å²) < 4.78 is 0.904. The lowest BCUT2D eigenvalue weighted by Crippen LogP contribution is -2.11. The highest BCUT2D eigenvalue weighted by Crippen LogP contribution is 2.45. The van der Waals surface area contributed by atoms with Crippen molar-refractivity contribution in [3.05, 3.63) is 111 Å². The molecule has 0 aliphatic heterocycles. The van der Waals surface area contributed by atoms with Crippen molar-refractivity contribution in [2.75, 3.05) is 4.90 Å². The number of halogens is 2. The van der Waals surface area contributed by atoms with Gasteiger partial charge in [0.25, 0.3) is 0 Å². The second-order valence-electron chi connectivity index (χ2n) is 10.4. The van der Waals surface area contributed by atoms with Crippen molar-refractivity contribution in [2.45, 2.75) is 59.3 Å². The van der Waals surface area contributed by atoms with E-state index in [-0.39, 0.29) is 0 Å². The van der Waals surface area contributed by atoms with Crippen LogP contribution in [0.3, 0.4) is 0 Å². The molecule has 0 saturated carbocycles. The van der Waals surface area contributed by atoms with Crippen molar-refractivity contribution in [1.82, 2.24) is 0 Å². The molecule has 0 radical (unpaired) electrons. The summed E-state index contributed by atoms with van der Waals surface area (Å²) in [5.74, 6) is 1.47. The van der Waals surface area contributed by atoms with Crippen molar-refractivity contribution in [3.8, 4) is 11.1 Å². The Morgan fingerprint density at radius 2 is 0.944 bits per heavy atom. The molecule has 0 amide bonds. The average Bonchev–Trinajstić information content (AvgIpc) is 2.87. The standard InChI is InChI=1S/C33H35BrClN/c1-21(2)24-7-9-27(10-8-24)30-19-20-31(33(35)32(30)34)36(28-15-11-25(12-16-28)22(3)4)29-17-13-26(14-18-29)23(5)6/h7-23H,1-6H3. The minimum absolute atomic E-state index is 0.483. The number of anilines is 3. The van der Waals surface area contributed by atoms with Crippen LogP contribution in [0, 0.1) is 0 Å². The topological polar surface area (TPSA) is 3.24 Å². The highest BCUT2D eigenvalue weighted by atomic mass is 79.9. The van der Waals surface area contributed by atoms with Crippen LogP contribution < -0.4 is 4.90 Å². The SMILES string of the molecule is CC(C)c1ccc(-c2ccc(N(c3ccc(C(C)C)cc3)c3ccc(C(C)C)cc3)c(Cl)c2Br)cc1. The Balaban J connectivity index is 1.81. The summed E-state index contributed by atoms with van der Waals surface area (Å²) in [6, 6.07) is 30.7. The van der Waals surface area contributed by atoms with Crippen LogP contribution >= 0.6 is 27.5 Å². The van der Waals surface area contributed by atoms with Gasteiger partial charge in [-0.25, -0.2) is 0 Å². The van der Waals surface area contributed by atoms with E-state index in [2.05, 4.69) is 147 Å². The van der Waals surface area contributed by atoms with E-state index in [1.165, 1.54) is 16.7 Å². The molecule has 0 saturated heterocycles. The van der Waals surface area contributed by atoms with Crippen molar-refractivity contribution in [2.24, 2.45) is 0 Å². The smallest absolute Gasteiger partial charge is 0.0794 e. The maximum Gasteiger partial charge on any atom is 0.0794 e.